The Labute approximate surface area is 171 Å². The average Bonchev–Trinajstić information content (AvgIpc) is 3.17. The standard InChI is InChI=1S/C24H26N2O3/c1-5-6-18(13-22(27)28)17-8-10-19(11-9-17)29-24(15(2)3)20-12-7-16(4)23-21(20)14-25-26-23/h7-12,14-15,18,24H,13H2,1-4H3,(H,25,26)(H,27,28). The Hall–Kier alpha value is -3.26. The molecule has 0 fully saturated rings. The Bertz CT molecular complexity index is 1060. The summed E-state index contributed by atoms with van der Waals surface area (Å²) in [7, 11) is 0. The molecule has 2 aromatic carbocycles. The van der Waals surface area contributed by atoms with Crippen molar-refractivity contribution in [3.8, 4) is 17.6 Å². The first-order chi connectivity index (χ1) is 13.9. The molecule has 0 aliphatic rings. The predicted molar refractivity (Wildman–Crippen MR) is 114 cm³/mol. The number of ether oxygens (including phenoxy) is 1. The predicted octanol–water partition coefficient (Wildman–Crippen LogP) is 5.23. The van der Waals surface area contributed by atoms with Gasteiger partial charge in [0.25, 0.3) is 0 Å². The minimum absolute atomic E-state index is 0.0164. The summed E-state index contributed by atoms with van der Waals surface area (Å²) in [6.07, 6.45) is 1.70. The summed E-state index contributed by atoms with van der Waals surface area (Å²) in [6, 6.07) is 11.7. The van der Waals surface area contributed by atoms with Gasteiger partial charge in [-0.3, -0.25) is 9.89 Å². The van der Waals surface area contributed by atoms with Crippen LogP contribution in [0.15, 0.2) is 42.6 Å². The second kappa shape index (κ2) is 8.83. The number of aryl methyl sites for hydroxylation is 1. The van der Waals surface area contributed by atoms with E-state index in [9.17, 15) is 4.79 Å². The molecule has 2 atom stereocenters. The molecule has 0 saturated heterocycles. The number of fused-ring (bicyclic) bond motifs is 1. The molecule has 0 spiro atoms. The van der Waals surface area contributed by atoms with Crippen molar-refractivity contribution in [2.45, 2.75) is 46.1 Å². The molecule has 5 heteroatoms. The number of carboxylic acid groups (broad SMARTS) is 1. The molecule has 150 valence electrons. The number of rotatable bonds is 7. The first-order valence-corrected chi connectivity index (χ1v) is 9.74. The van der Waals surface area contributed by atoms with E-state index in [-0.39, 0.29) is 24.4 Å². The van der Waals surface area contributed by atoms with E-state index in [0.29, 0.717) is 0 Å². The van der Waals surface area contributed by atoms with Gasteiger partial charge in [-0.2, -0.15) is 5.10 Å². The molecular formula is C24H26N2O3. The first-order valence-electron chi connectivity index (χ1n) is 9.74. The summed E-state index contributed by atoms with van der Waals surface area (Å²) < 4.78 is 6.36. The molecule has 3 rings (SSSR count). The Kier molecular flexibility index (Phi) is 6.23. The Morgan fingerprint density at radius 2 is 1.93 bits per heavy atom. The highest BCUT2D eigenvalue weighted by atomic mass is 16.5. The van der Waals surface area contributed by atoms with Crippen LogP contribution in [0.2, 0.25) is 0 Å². The van der Waals surface area contributed by atoms with Crippen molar-refractivity contribution in [1.29, 1.82) is 0 Å². The number of nitrogens with zero attached hydrogens (tertiary/aromatic N) is 1. The Balaban J connectivity index is 1.88. The van der Waals surface area contributed by atoms with Gasteiger partial charge >= 0.3 is 5.97 Å². The number of carboxylic acids is 1. The van der Waals surface area contributed by atoms with Crippen LogP contribution in [0.5, 0.6) is 5.75 Å². The third kappa shape index (κ3) is 4.60. The second-order valence-electron chi connectivity index (χ2n) is 7.53. The maximum absolute atomic E-state index is 11.1. The van der Waals surface area contributed by atoms with Gasteiger partial charge in [-0.15, -0.1) is 5.92 Å². The highest BCUT2D eigenvalue weighted by Crippen LogP contribution is 2.34. The fourth-order valence-electron chi connectivity index (χ4n) is 3.53. The summed E-state index contributed by atoms with van der Waals surface area (Å²) in [6.45, 7) is 8.04. The average molecular weight is 390 g/mol. The Morgan fingerprint density at radius 3 is 2.55 bits per heavy atom. The maximum atomic E-state index is 11.1. The van der Waals surface area contributed by atoms with Crippen LogP contribution in [-0.2, 0) is 4.79 Å². The van der Waals surface area contributed by atoms with E-state index in [1.54, 1.807) is 6.92 Å². The van der Waals surface area contributed by atoms with Gasteiger partial charge in [-0.05, 0) is 43.0 Å². The zero-order valence-electron chi connectivity index (χ0n) is 17.2. The van der Waals surface area contributed by atoms with Crippen molar-refractivity contribution >= 4 is 16.9 Å². The molecule has 0 amide bonds. The number of H-pyrrole nitrogens is 1. The molecule has 0 saturated carbocycles. The zero-order chi connectivity index (χ0) is 21.0. The number of aromatic amines is 1. The summed E-state index contributed by atoms with van der Waals surface area (Å²) in [4.78, 5) is 11.1. The fraction of sp³-hybridized carbons (Fsp3) is 0.333. The van der Waals surface area contributed by atoms with Crippen LogP contribution in [0.25, 0.3) is 10.9 Å². The maximum Gasteiger partial charge on any atom is 0.304 e. The molecule has 5 nitrogen and oxygen atoms in total. The van der Waals surface area contributed by atoms with E-state index in [0.717, 1.165) is 33.3 Å². The SMILES string of the molecule is CC#CC(CC(=O)O)c1ccc(OC(c2ccc(C)c3[nH]ncc23)C(C)C)cc1. The van der Waals surface area contributed by atoms with Crippen molar-refractivity contribution < 1.29 is 14.6 Å². The normalized spacial score (nSPS) is 13.0. The van der Waals surface area contributed by atoms with E-state index in [1.807, 2.05) is 30.5 Å². The lowest BCUT2D eigenvalue weighted by atomic mass is 9.94. The van der Waals surface area contributed by atoms with Crippen LogP contribution in [0.4, 0.5) is 0 Å². The first kappa shape index (κ1) is 20.5. The van der Waals surface area contributed by atoms with Crippen LogP contribution in [-0.4, -0.2) is 21.3 Å². The van der Waals surface area contributed by atoms with Gasteiger partial charge in [-0.25, -0.2) is 0 Å². The van der Waals surface area contributed by atoms with Gasteiger partial charge in [0.1, 0.15) is 11.9 Å². The molecule has 1 aromatic heterocycles. The molecule has 2 N–H and O–H groups in total. The van der Waals surface area contributed by atoms with Crippen LogP contribution in [0.1, 0.15) is 55.9 Å². The quantitative estimate of drug-likeness (QED) is 0.542. The second-order valence-corrected chi connectivity index (χ2v) is 7.53. The van der Waals surface area contributed by atoms with Crippen LogP contribution >= 0.6 is 0 Å². The molecule has 0 bridgehead atoms. The number of nitrogens with one attached hydrogen (secondary N) is 1. The van der Waals surface area contributed by atoms with Gasteiger partial charge in [0.2, 0.25) is 0 Å². The highest BCUT2D eigenvalue weighted by molar-refractivity contribution is 5.85. The molecule has 0 aliphatic carbocycles. The third-order valence-electron chi connectivity index (χ3n) is 5.01. The summed E-state index contributed by atoms with van der Waals surface area (Å²) in [5.41, 5.74) is 4.15. The number of hydrogen-bond acceptors (Lipinski definition) is 3. The van der Waals surface area contributed by atoms with E-state index in [2.05, 4.69) is 54.9 Å². The minimum Gasteiger partial charge on any atom is -0.485 e. The van der Waals surface area contributed by atoms with Crippen molar-refractivity contribution in [3.05, 3.63) is 59.3 Å². The lowest BCUT2D eigenvalue weighted by molar-refractivity contribution is -0.137. The van der Waals surface area contributed by atoms with E-state index in [4.69, 9.17) is 9.84 Å². The topological polar surface area (TPSA) is 75.2 Å². The monoisotopic (exact) mass is 390 g/mol. The molecule has 0 aliphatic heterocycles. The molecule has 3 aromatic rings. The molecule has 2 unspecified atom stereocenters. The van der Waals surface area contributed by atoms with Crippen molar-refractivity contribution in [3.63, 3.8) is 0 Å². The number of hydrogen-bond donors (Lipinski definition) is 2. The van der Waals surface area contributed by atoms with Gasteiger partial charge < -0.3 is 9.84 Å². The Morgan fingerprint density at radius 1 is 1.21 bits per heavy atom. The van der Waals surface area contributed by atoms with E-state index >= 15 is 0 Å². The van der Waals surface area contributed by atoms with E-state index < -0.39 is 5.97 Å². The molecule has 29 heavy (non-hydrogen) atoms. The fourth-order valence-corrected chi connectivity index (χ4v) is 3.53. The van der Waals surface area contributed by atoms with Gasteiger partial charge in [0, 0.05) is 10.9 Å². The summed E-state index contributed by atoms with van der Waals surface area (Å²) >= 11 is 0. The minimum atomic E-state index is -0.860. The van der Waals surface area contributed by atoms with E-state index in [1.165, 1.54) is 0 Å². The number of carbonyl (C=O) groups is 1. The van der Waals surface area contributed by atoms with Crippen molar-refractivity contribution in [2.24, 2.45) is 5.92 Å². The largest absolute Gasteiger partial charge is 0.485 e. The smallest absolute Gasteiger partial charge is 0.304 e. The van der Waals surface area contributed by atoms with Crippen molar-refractivity contribution in [2.75, 3.05) is 0 Å². The van der Waals surface area contributed by atoms with Gasteiger partial charge in [-0.1, -0.05) is 44.0 Å². The molecule has 0 radical (unpaired) electrons. The van der Waals surface area contributed by atoms with Gasteiger partial charge in [0.15, 0.2) is 0 Å². The number of aromatic nitrogens is 2. The number of aliphatic carboxylic acids is 1. The van der Waals surface area contributed by atoms with Crippen LogP contribution < -0.4 is 4.74 Å². The summed E-state index contributed by atoms with van der Waals surface area (Å²) in [5, 5.41) is 17.5. The molecule has 1 heterocycles. The molecular weight excluding hydrogens is 364 g/mol. The lowest BCUT2D eigenvalue weighted by Crippen LogP contribution is -2.15. The lowest BCUT2D eigenvalue weighted by Gasteiger charge is -2.24. The van der Waals surface area contributed by atoms with Gasteiger partial charge in [0.05, 0.1) is 24.1 Å². The third-order valence-corrected chi connectivity index (χ3v) is 5.01. The van der Waals surface area contributed by atoms with Crippen LogP contribution in [0.3, 0.4) is 0 Å². The highest BCUT2D eigenvalue weighted by Gasteiger charge is 2.22. The summed E-state index contributed by atoms with van der Waals surface area (Å²) in [5.74, 6) is 5.60. The number of benzene rings is 2. The zero-order valence-corrected chi connectivity index (χ0v) is 17.2. The van der Waals surface area contributed by atoms with Crippen LogP contribution in [0, 0.1) is 24.7 Å². The van der Waals surface area contributed by atoms with Crippen molar-refractivity contribution in [1.82, 2.24) is 10.2 Å².